The number of cyclic esters (lactones) is 1. The first kappa shape index (κ1) is 56.4. The van der Waals surface area contributed by atoms with E-state index in [1.807, 2.05) is 39.8 Å². The van der Waals surface area contributed by atoms with Gasteiger partial charge in [-0.1, -0.05) is 57.1 Å². The number of nitrogens with zero attached hydrogens (tertiary/aromatic N) is 3. The van der Waals surface area contributed by atoms with Crippen molar-refractivity contribution in [3.05, 3.63) is 48.0 Å². The number of benzene rings is 2. The predicted octanol–water partition coefficient (Wildman–Crippen LogP) is 5.83. The van der Waals surface area contributed by atoms with Gasteiger partial charge in [0.05, 0.1) is 29.6 Å². The van der Waals surface area contributed by atoms with Crippen LogP contribution in [0.3, 0.4) is 0 Å². The van der Waals surface area contributed by atoms with Crippen LogP contribution in [0.1, 0.15) is 100.0 Å². The highest BCUT2D eigenvalue weighted by Crippen LogP contribution is 2.39. The van der Waals surface area contributed by atoms with E-state index in [0.717, 1.165) is 39.0 Å². The molecule has 0 bridgehead atoms. The fourth-order valence-corrected chi connectivity index (χ4v) is 10.5. The highest BCUT2D eigenvalue weighted by atomic mass is 16.7. The number of Topliss-reactive ketones (excluding diaryl/α,β-unsaturated/α-hetero) is 1. The number of para-hydroxylation sites is 1. The lowest BCUT2D eigenvalue weighted by Gasteiger charge is -2.47. The molecule has 2 fully saturated rings. The molecule has 0 aliphatic carbocycles. The first-order chi connectivity index (χ1) is 32.8. The van der Waals surface area contributed by atoms with Gasteiger partial charge in [0.2, 0.25) is 0 Å². The zero-order chi connectivity index (χ0) is 50.6. The van der Waals surface area contributed by atoms with Crippen molar-refractivity contribution in [3.63, 3.8) is 0 Å². The molecule has 2 aliphatic rings. The lowest BCUT2D eigenvalue weighted by Crippen LogP contribution is -2.60. The molecule has 5 rings (SSSR count). The van der Waals surface area contributed by atoms with Crippen molar-refractivity contribution in [1.82, 2.24) is 20.1 Å². The number of ketones is 1. The average molecular weight is 968 g/mol. The quantitative estimate of drug-likeness (QED) is 0.0393. The zero-order valence-corrected chi connectivity index (χ0v) is 43.5. The second-order valence-corrected chi connectivity index (χ2v) is 20.2. The highest BCUT2D eigenvalue weighted by Gasteiger charge is 2.51. The van der Waals surface area contributed by atoms with Crippen molar-refractivity contribution in [2.75, 3.05) is 60.7 Å². The molecule has 388 valence electrons. The molecule has 3 heterocycles. The number of methoxy groups -OCH3 is 1. The Bertz CT molecular complexity index is 2130. The van der Waals surface area contributed by atoms with Gasteiger partial charge in [-0.2, -0.15) is 0 Å². The van der Waals surface area contributed by atoms with Gasteiger partial charge in [0.15, 0.2) is 12.1 Å². The molecule has 13 atom stereocenters. The van der Waals surface area contributed by atoms with Gasteiger partial charge < -0.3 is 63.9 Å². The number of esters is 1. The fourth-order valence-electron chi connectivity index (χ4n) is 10.5. The summed E-state index contributed by atoms with van der Waals surface area (Å²) in [5, 5.41) is 49.4. The Morgan fingerprint density at radius 1 is 0.899 bits per heavy atom. The Morgan fingerprint density at radius 2 is 1.58 bits per heavy atom. The average Bonchev–Trinajstić information content (AvgIpc) is 3.65. The summed E-state index contributed by atoms with van der Waals surface area (Å²) in [4.78, 5) is 35.8. The summed E-state index contributed by atoms with van der Waals surface area (Å²) in [6.07, 6.45) is -3.32. The first-order valence-corrected chi connectivity index (χ1v) is 25.3. The molecule has 2 aromatic carbocycles. The number of carbonyl (C=O) groups is 2. The van der Waals surface area contributed by atoms with E-state index in [4.69, 9.17) is 28.5 Å². The van der Waals surface area contributed by atoms with Gasteiger partial charge in [0.25, 0.3) is 0 Å². The van der Waals surface area contributed by atoms with Crippen molar-refractivity contribution in [1.29, 1.82) is 0 Å². The molecule has 0 spiro atoms. The number of carbonyl (C=O) groups excluding carboxylic acids is 2. The summed E-state index contributed by atoms with van der Waals surface area (Å²) < 4.78 is 33.2. The van der Waals surface area contributed by atoms with Crippen molar-refractivity contribution >= 4 is 39.3 Å². The van der Waals surface area contributed by atoms with Crippen LogP contribution in [0.15, 0.2) is 47.6 Å². The second kappa shape index (κ2) is 25.7. The van der Waals surface area contributed by atoms with Crippen LogP contribution in [0.2, 0.25) is 0 Å². The maximum atomic E-state index is 14.3. The maximum Gasteiger partial charge on any atom is 0.316 e. The molecule has 2 saturated heterocycles. The van der Waals surface area contributed by atoms with Crippen LogP contribution in [-0.2, 0) is 51.2 Å². The molecule has 3 aromatic rings. The number of hydrogen-bond donors (Lipinski definition) is 5. The molecular weight excluding hydrogens is 883 g/mol. The minimum atomic E-state index is -1.92. The Kier molecular flexibility index (Phi) is 21.0. The van der Waals surface area contributed by atoms with Gasteiger partial charge in [-0.05, 0) is 118 Å². The third kappa shape index (κ3) is 13.7. The Balaban J connectivity index is 1.17. The SMILES string of the molecule is CC[C@H]1OC(=O)[C@H](C)C(=O)[C@H](C)[C@@H](O[C@@H]2O[C@H](C)C[C@H](N(C)C)[C@H]2O)[C@@](C)(OC)C[C@@H](C)C(=NOCCNCCCOCCCNCc2ccc3c(c2)c2ccccc2n3CC)[C@H](C)[C@@H](O)[C@]1(C)O. The largest absolute Gasteiger partial charge is 0.459 e. The molecular formula is C53H85N5O11. The smallest absolute Gasteiger partial charge is 0.316 e. The summed E-state index contributed by atoms with van der Waals surface area (Å²) in [5.41, 5.74) is 1.10. The predicted molar refractivity (Wildman–Crippen MR) is 269 cm³/mol. The van der Waals surface area contributed by atoms with E-state index in [0.29, 0.717) is 31.9 Å². The van der Waals surface area contributed by atoms with E-state index in [1.165, 1.54) is 48.3 Å². The van der Waals surface area contributed by atoms with Gasteiger partial charge in [-0.15, -0.1) is 0 Å². The highest BCUT2D eigenvalue weighted by molar-refractivity contribution is 6.08. The van der Waals surface area contributed by atoms with Crippen LogP contribution in [-0.4, -0.2) is 157 Å². The molecule has 0 amide bonds. The van der Waals surface area contributed by atoms with E-state index in [-0.39, 0.29) is 31.6 Å². The molecule has 16 nitrogen and oxygen atoms in total. The van der Waals surface area contributed by atoms with Crippen LogP contribution >= 0.6 is 0 Å². The molecule has 16 heteroatoms. The van der Waals surface area contributed by atoms with E-state index in [1.54, 1.807) is 20.8 Å². The second-order valence-electron chi connectivity index (χ2n) is 20.2. The standard InChI is InChI=1S/C53H85N5O11/c1-13-44-53(9,63)48(61)35(5)45(33(3)31-52(8,64-12)49(36(6)46(59)37(7)50(62)68-44)69-51-47(60)43(57(10)11)29-34(4)67-51)56-66-28-25-54-23-17-26-65-27-18-24-55-32-38-21-22-42-40(30-38)39-19-15-16-20-41(39)58(42)14-2/h15-16,19-22,30,33-37,43-44,47-49,51,54-55,60-61,63H,13-14,17-18,23-29,31-32H2,1-12H3/t33-,34-,35+,36+,37-,43+,44-,47-,48-,49-,51+,52+,53-/m1/s1. The van der Waals surface area contributed by atoms with E-state index in [2.05, 4.69) is 69.7 Å². The minimum absolute atomic E-state index is 0.173. The topological polar surface area (TPSA) is 195 Å². The van der Waals surface area contributed by atoms with Gasteiger partial charge in [-0.3, -0.25) is 9.59 Å². The van der Waals surface area contributed by atoms with Crippen LogP contribution in [0, 0.1) is 23.7 Å². The van der Waals surface area contributed by atoms with E-state index in [9.17, 15) is 24.9 Å². The Morgan fingerprint density at radius 3 is 2.25 bits per heavy atom. The summed E-state index contributed by atoms with van der Waals surface area (Å²) in [6, 6.07) is 15.1. The molecule has 0 saturated carbocycles. The lowest BCUT2D eigenvalue weighted by molar-refractivity contribution is -0.295. The summed E-state index contributed by atoms with van der Waals surface area (Å²) in [5.74, 6) is -4.72. The van der Waals surface area contributed by atoms with Crippen LogP contribution < -0.4 is 10.6 Å². The number of rotatable bonds is 20. The van der Waals surface area contributed by atoms with Crippen molar-refractivity contribution in [2.45, 2.75) is 162 Å². The number of aryl methyl sites for hydroxylation is 1. The van der Waals surface area contributed by atoms with E-state index < -0.39 is 77.3 Å². The minimum Gasteiger partial charge on any atom is -0.459 e. The number of aliphatic hydroxyl groups excluding tert-OH is 2. The Labute approximate surface area is 410 Å². The third-order valence-corrected chi connectivity index (χ3v) is 14.7. The molecule has 0 unspecified atom stereocenters. The van der Waals surface area contributed by atoms with Crippen LogP contribution in [0.5, 0.6) is 0 Å². The molecule has 69 heavy (non-hydrogen) atoms. The number of fused-ring (bicyclic) bond motifs is 3. The van der Waals surface area contributed by atoms with Crippen molar-refractivity contribution in [2.24, 2.45) is 28.8 Å². The van der Waals surface area contributed by atoms with Gasteiger partial charge in [0.1, 0.15) is 30.3 Å². The van der Waals surface area contributed by atoms with Gasteiger partial charge >= 0.3 is 5.97 Å². The fraction of sp³-hybridized carbons (Fsp3) is 0.717. The molecule has 1 aromatic heterocycles. The molecule has 0 radical (unpaired) electrons. The number of oxime groups is 1. The summed E-state index contributed by atoms with van der Waals surface area (Å²) in [6.45, 7) is 21.2. The van der Waals surface area contributed by atoms with Gasteiger partial charge in [0, 0.05) is 85.6 Å². The summed E-state index contributed by atoms with van der Waals surface area (Å²) in [7, 11) is 5.29. The molecule has 5 N–H and O–H groups in total. The number of aliphatic hydroxyl groups is 3. The van der Waals surface area contributed by atoms with E-state index >= 15 is 0 Å². The van der Waals surface area contributed by atoms with Crippen molar-refractivity contribution < 1.29 is 53.4 Å². The molecule has 2 aliphatic heterocycles. The number of hydrogen-bond acceptors (Lipinski definition) is 15. The zero-order valence-electron chi connectivity index (χ0n) is 43.5. The monoisotopic (exact) mass is 968 g/mol. The third-order valence-electron chi connectivity index (χ3n) is 14.7. The normalized spacial score (nSPS) is 32.8. The van der Waals surface area contributed by atoms with Gasteiger partial charge in [-0.25, -0.2) is 0 Å². The Hall–Kier alpha value is -3.55. The number of ether oxygens (including phenoxy) is 5. The van der Waals surface area contributed by atoms with Crippen molar-refractivity contribution in [3.8, 4) is 0 Å². The van der Waals surface area contributed by atoms with Crippen LogP contribution in [0.4, 0.5) is 0 Å². The summed E-state index contributed by atoms with van der Waals surface area (Å²) >= 11 is 0. The maximum absolute atomic E-state index is 14.3. The number of likely N-dealkylation sites (N-methyl/N-ethyl adjacent to an activating group) is 1. The van der Waals surface area contributed by atoms with Crippen LogP contribution in [0.25, 0.3) is 21.8 Å². The number of nitrogens with one attached hydrogen (secondary N) is 2. The first-order valence-electron chi connectivity index (χ1n) is 25.3. The lowest BCUT2D eigenvalue weighted by atomic mass is 9.74. The number of aromatic nitrogens is 1.